The van der Waals surface area contributed by atoms with Gasteiger partial charge in [-0.05, 0) is 93.6 Å². The van der Waals surface area contributed by atoms with Crippen LogP contribution in [-0.2, 0) is 9.53 Å². The second kappa shape index (κ2) is 7.38. The largest absolute Gasteiger partial charge is 0.393 e. The molecule has 1 aliphatic heterocycles. The maximum Gasteiger partial charge on any atom is 0.159 e. The lowest BCUT2D eigenvalue weighted by molar-refractivity contribution is -0.152. The van der Waals surface area contributed by atoms with E-state index in [4.69, 9.17) is 4.74 Å². The Morgan fingerprint density at radius 2 is 1.71 bits per heavy atom. The number of ether oxygens (including phenoxy) is 1. The third-order valence-electron chi connectivity index (χ3n) is 11.6. The van der Waals surface area contributed by atoms with Crippen LogP contribution < -0.4 is 0 Å². The Bertz CT molecular complexity index is 907. The Kier molecular flexibility index (Phi) is 5.40. The van der Waals surface area contributed by atoms with Crippen molar-refractivity contribution in [3.63, 3.8) is 0 Å². The van der Waals surface area contributed by atoms with Crippen molar-refractivity contribution >= 4 is 5.78 Å². The van der Waals surface area contributed by atoms with Crippen LogP contribution >= 0.6 is 0 Å². The number of ketones is 1. The molecule has 4 fully saturated rings. The number of hydrogen-bond acceptors (Lipinski definition) is 6. The number of carbonyl (C=O) groups is 1. The second-order valence-electron chi connectivity index (χ2n) is 13.5. The van der Waals surface area contributed by atoms with Gasteiger partial charge in [-0.3, -0.25) is 4.79 Å². The van der Waals surface area contributed by atoms with Crippen LogP contribution in [0.4, 0.5) is 0 Å². The maximum atomic E-state index is 13.3. The van der Waals surface area contributed by atoms with E-state index in [2.05, 4.69) is 13.8 Å². The smallest absolute Gasteiger partial charge is 0.159 e. The van der Waals surface area contributed by atoms with E-state index in [0.717, 1.165) is 24.8 Å². The summed E-state index contributed by atoms with van der Waals surface area (Å²) in [5.41, 5.74) is -3.33. The molecule has 1 saturated heterocycles. The summed E-state index contributed by atoms with van der Waals surface area (Å²) in [6.45, 7) is 11.8. The summed E-state index contributed by atoms with van der Waals surface area (Å²) in [6.07, 6.45) is 5.19. The zero-order chi connectivity index (χ0) is 25.1. The lowest BCUT2D eigenvalue weighted by Crippen LogP contribution is -2.61. The number of carbonyl (C=O) groups excluding carboxylic acids is 1. The summed E-state index contributed by atoms with van der Waals surface area (Å²) in [4.78, 5) is 13.3. The standard InChI is InChI=1S/C28H44O6/c1-15(2)26(5,31)22-23(34-22)27(6,32)21-9-12-28(33)18-14-20(30)19-13-16(29)7-10-24(19,3)17(18)8-11-25(21,28)4/h14-17,19,21-23,29,31-33H,7-13H2,1-6H3. The molecule has 0 spiro atoms. The van der Waals surface area contributed by atoms with Gasteiger partial charge in [0.15, 0.2) is 5.78 Å². The minimum absolute atomic E-state index is 0.00839. The molecule has 0 aromatic rings. The average Bonchev–Trinajstić information content (AvgIpc) is 3.50. The second-order valence-corrected chi connectivity index (χ2v) is 13.5. The van der Waals surface area contributed by atoms with Crippen molar-refractivity contribution < 1.29 is 30.0 Å². The van der Waals surface area contributed by atoms with Crippen LogP contribution in [-0.4, -0.2) is 61.3 Å². The normalized spacial score (nSPS) is 51.6. The van der Waals surface area contributed by atoms with Gasteiger partial charge in [0.05, 0.1) is 22.9 Å². The number of aliphatic hydroxyl groups is 4. The van der Waals surface area contributed by atoms with Gasteiger partial charge in [0.2, 0.25) is 0 Å². The van der Waals surface area contributed by atoms with E-state index in [1.54, 1.807) is 13.0 Å². The molecule has 11 unspecified atom stereocenters. The summed E-state index contributed by atoms with van der Waals surface area (Å²) in [6, 6.07) is 0. The number of fused-ring (bicyclic) bond motifs is 5. The predicted molar refractivity (Wildman–Crippen MR) is 128 cm³/mol. The minimum Gasteiger partial charge on any atom is -0.393 e. The van der Waals surface area contributed by atoms with Gasteiger partial charge in [0.25, 0.3) is 0 Å². The van der Waals surface area contributed by atoms with Gasteiger partial charge in [-0.2, -0.15) is 0 Å². The van der Waals surface area contributed by atoms with Crippen LogP contribution in [0.2, 0.25) is 0 Å². The maximum absolute atomic E-state index is 13.3. The molecular formula is C28H44O6. The fourth-order valence-corrected chi connectivity index (χ4v) is 8.78. The van der Waals surface area contributed by atoms with Crippen molar-refractivity contribution in [3.05, 3.63) is 11.6 Å². The van der Waals surface area contributed by atoms with Gasteiger partial charge in [-0.1, -0.05) is 27.7 Å². The Morgan fingerprint density at radius 3 is 2.35 bits per heavy atom. The molecule has 3 saturated carbocycles. The third kappa shape index (κ3) is 3.08. The van der Waals surface area contributed by atoms with Gasteiger partial charge in [0.1, 0.15) is 12.2 Å². The van der Waals surface area contributed by atoms with Crippen molar-refractivity contribution in [2.24, 2.45) is 34.5 Å². The summed E-state index contributed by atoms with van der Waals surface area (Å²) in [5.74, 6) is -0.239. The van der Waals surface area contributed by atoms with Crippen LogP contribution in [0.1, 0.15) is 86.5 Å². The van der Waals surface area contributed by atoms with E-state index in [9.17, 15) is 25.2 Å². The molecule has 6 nitrogen and oxygen atoms in total. The fourth-order valence-electron chi connectivity index (χ4n) is 8.78. The molecule has 34 heavy (non-hydrogen) atoms. The molecule has 5 rings (SSSR count). The Balaban J connectivity index is 1.47. The van der Waals surface area contributed by atoms with E-state index in [0.29, 0.717) is 25.7 Å². The monoisotopic (exact) mass is 476 g/mol. The molecule has 6 heteroatoms. The lowest BCUT2D eigenvalue weighted by Gasteiger charge is -2.60. The molecule has 0 bridgehead atoms. The molecule has 4 aliphatic carbocycles. The summed E-state index contributed by atoms with van der Waals surface area (Å²) in [5, 5.41) is 45.3. The van der Waals surface area contributed by atoms with Crippen molar-refractivity contribution in [1.29, 1.82) is 0 Å². The zero-order valence-corrected chi connectivity index (χ0v) is 21.7. The van der Waals surface area contributed by atoms with E-state index in [1.165, 1.54) is 0 Å². The molecule has 0 aromatic carbocycles. The molecule has 0 aromatic heterocycles. The molecule has 5 aliphatic rings. The van der Waals surface area contributed by atoms with Crippen molar-refractivity contribution in [2.75, 3.05) is 0 Å². The first-order valence-electron chi connectivity index (χ1n) is 13.4. The third-order valence-corrected chi connectivity index (χ3v) is 11.6. The van der Waals surface area contributed by atoms with E-state index in [1.807, 2.05) is 20.8 Å². The number of aliphatic hydroxyl groups excluding tert-OH is 1. The highest BCUT2D eigenvalue weighted by atomic mass is 16.6. The van der Waals surface area contributed by atoms with Crippen LogP contribution in [0.25, 0.3) is 0 Å². The number of epoxide rings is 1. The summed E-state index contributed by atoms with van der Waals surface area (Å²) < 4.78 is 5.92. The van der Waals surface area contributed by atoms with E-state index in [-0.39, 0.29) is 34.9 Å². The van der Waals surface area contributed by atoms with Gasteiger partial charge in [0, 0.05) is 11.3 Å². The molecule has 4 N–H and O–H groups in total. The summed E-state index contributed by atoms with van der Waals surface area (Å²) >= 11 is 0. The quantitative estimate of drug-likeness (QED) is 0.464. The predicted octanol–water partition coefficient (Wildman–Crippen LogP) is 3.15. The van der Waals surface area contributed by atoms with Crippen molar-refractivity contribution in [1.82, 2.24) is 0 Å². The molecular weight excluding hydrogens is 432 g/mol. The average molecular weight is 477 g/mol. The Hall–Kier alpha value is -0.790. The van der Waals surface area contributed by atoms with Gasteiger partial charge < -0.3 is 25.2 Å². The zero-order valence-electron chi connectivity index (χ0n) is 21.7. The topological polar surface area (TPSA) is 111 Å². The van der Waals surface area contributed by atoms with Crippen LogP contribution in [0, 0.1) is 34.5 Å². The number of rotatable bonds is 4. The molecule has 11 atom stereocenters. The van der Waals surface area contributed by atoms with E-state index >= 15 is 0 Å². The van der Waals surface area contributed by atoms with Gasteiger partial charge >= 0.3 is 0 Å². The Morgan fingerprint density at radius 1 is 1.03 bits per heavy atom. The highest BCUT2D eigenvalue weighted by Gasteiger charge is 2.72. The highest BCUT2D eigenvalue weighted by Crippen LogP contribution is 2.69. The SMILES string of the molecule is CC(C)C(C)(O)C1OC1C(C)(O)C1CCC2(O)C3=CC(=O)C4CC(O)CCC4(C)C3CCC12C. The van der Waals surface area contributed by atoms with E-state index < -0.39 is 40.5 Å². The molecule has 192 valence electrons. The molecule has 1 heterocycles. The van der Waals surface area contributed by atoms with Crippen molar-refractivity contribution in [3.8, 4) is 0 Å². The summed E-state index contributed by atoms with van der Waals surface area (Å²) in [7, 11) is 0. The molecule has 0 amide bonds. The van der Waals surface area contributed by atoms with Crippen LogP contribution in [0.5, 0.6) is 0 Å². The molecule has 0 radical (unpaired) electrons. The fraction of sp³-hybridized carbons (Fsp3) is 0.893. The highest BCUT2D eigenvalue weighted by molar-refractivity contribution is 5.95. The number of hydrogen-bond donors (Lipinski definition) is 4. The van der Waals surface area contributed by atoms with Crippen LogP contribution in [0.3, 0.4) is 0 Å². The first-order valence-corrected chi connectivity index (χ1v) is 13.4. The first-order chi connectivity index (χ1) is 15.6. The van der Waals surface area contributed by atoms with Crippen LogP contribution in [0.15, 0.2) is 11.6 Å². The van der Waals surface area contributed by atoms with Gasteiger partial charge in [-0.15, -0.1) is 0 Å². The number of allylic oxidation sites excluding steroid dienone is 1. The first kappa shape index (κ1) is 24.9. The Labute approximate surface area is 203 Å². The van der Waals surface area contributed by atoms with Crippen molar-refractivity contribution in [2.45, 2.75) is 122 Å². The lowest BCUT2D eigenvalue weighted by atomic mass is 9.46. The minimum atomic E-state index is -1.20. The van der Waals surface area contributed by atoms with Gasteiger partial charge in [-0.25, -0.2) is 0 Å².